The molecule has 0 aliphatic carbocycles. The van der Waals surface area contributed by atoms with E-state index in [-0.39, 0.29) is 5.78 Å². The van der Waals surface area contributed by atoms with Crippen LogP contribution in [0.3, 0.4) is 0 Å². The Morgan fingerprint density at radius 2 is 1.95 bits per heavy atom. The van der Waals surface area contributed by atoms with Gasteiger partial charge >= 0.3 is 0 Å². The minimum Gasteiger partial charge on any atom is -0.362 e. The molecule has 0 heterocycles. The molecule has 0 amide bonds. The van der Waals surface area contributed by atoms with Gasteiger partial charge in [0.1, 0.15) is 0 Å². The fourth-order valence-electron chi connectivity index (χ4n) is 1.80. The van der Waals surface area contributed by atoms with Gasteiger partial charge in [-0.3, -0.25) is 4.79 Å². The number of benzene rings is 2. The number of halogens is 2. The average Bonchev–Trinajstić information content (AvgIpc) is 2.51. The van der Waals surface area contributed by atoms with Gasteiger partial charge in [-0.2, -0.15) is 0 Å². The summed E-state index contributed by atoms with van der Waals surface area (Å²) >= 11 is 9.33. The number of carbonyl (C=O) groups excluding carboxylic acids is 1. The zero-order valence-corrected chi connectivity index (χ0v) is 13.9. The largest absolute Gasteiger partial charge is 0.362 e. The van der Waals surface area contributed by atoms with Crippen molar-refractivity contribution in [2.75, 3.05) is 5.32 Å². The zero-order valence-electron chi connectivity index (χ0n) is 11.6. The lowest BCUT2D eigenvalue weighted by Crippen LogP contribution is -1.96. The minimum absolute atomic E-state index is 0.0339. The maximum atomic E-state index is 12.0. The number of anilines is 1. The van der Waals surface area contributed by atoms with Gasteiger partial charge in [0.25, 0.3) is 0 Å². The normalized spacial score (nSPS) is 10.8. The molecule has 0 bridgehead atoms. The van der Waals surface area contributed by atoms with Gasteiger partial charge in [-0.15, -0.1) is 0 Å². The molecular formula is C17H15BrClNO. The van der Waals surface area contributed by atoms with Crippen LogP contribution in [0.25, 0.3) is 0 Å². The maximum absolute atomic E-state index is 12.0. The van der Waals surface area contributed by atoms with Crippen molar-refractivity contribution in [2.45, 2.75) is 13.3 Å². The van der Waals surface area contributed by atoms with Crippen molar-refractivity contribution in [3.63, 3.8) is 0 Å². The molecule has 0 aromatic heterocycles. The van der Waals surface area contributed by atoms with Crippen LogP contribution >= 0.6 is 27.5 Å². The second-order valence-electron chi connectivity index (χ2n) is 4.52. The molecule has 4 heteroatoms. The number of hydrogen-bond acceptors (Lipinski definition) is 2. The number of rotatable bonds is 5. The SMILES string of the molecule is CCc1ccc(C(=O)C=CNc2ccc(Br)c(Cl)c2)cc1. The molecule has 108 valence electrons. The van der Waals surface area contributed by atoms with Crippen LogP contribution in [0.1, 0.15) is 22.8 Å². The van der Waals surface area contributed by atoms with Crippen LogP contribution in [0.4, 0.5) is 5.69 Å². The number of allylic oxidation sites excluding steroid dienone is 1. The molecule has 0 spiro atoms. The fourth-order valence-corrected chi connectivity index (χ4v) is 2.23. The minimum atomic E-state index is -0.0339. The topological polar surface area (TPSA) is 29.1 Å². The second kappa shape index (κ2) is 7.43. The van der Waals surface area contributed by atoms with Crippen molar-refractivity contribution in [2.24, 2.45) is 0 Å². The molecule has 2 aromatic rings. The highest BCUT2D eigenvalue weighted by atomic mass is 79.9. The molecule has 0 aliphatic heterocycles. The summed E-state index contributed by atoms with van der Waals surface area (Å²) in [7, 11) is 0. The van der Waals surface area contributed by atoms with Gasteiger partial charge in [-0.1, -0.05) is 42.8 Å². The van der Waals surface area contributed by atoms with Crippen LogP contribution in [0.2, 0.25) is 5.02 Å². The first-order valence-electron chi connectivity index (χ1n) is 6.61. The van der Waals surface area contributed by atoms with Crippen LogP contribution in [0.15, 0.2) is 59.2 Å². The van der Waals surface area contributed by atoms with Gasteiger partial charge in [0.15, 0.2) is 5.78 Å². The third kappa shape index (κ3) is 4.45. The first-order valence-corrected chi connectivity index (χ1v) is 7.78. The fraction of sp³-hybridized carbons (Fsp3) is 0.118. The van der Waals surface area contributed by atoms with E-state index >= 15 is 0 Å². The summed E-state index contributed by atoms with van der Waals surface area (Å²) in [5, 5.41) is 3.65. The molecule has 2 aromatic carbocycles. The van der Waals surface area contributed by atoms with E-state index in [9.17, 15) is 4.79 Å². The predicted octanol–water partition coefficient (Wildman–Crippen LogP) is 5.47. The molecule has 0 saturated heterocycles. The molecule has 21 heavy (non-hydrogen) atoms. The van der Waals surface area contributed by atoms with Crippen LogP contribution in [0, 0.1) is 0 Å². The van der Waals surface area contributed by atoms with E-state index in [1.807, 2.05) is 36.4 Å². The lowest BCUT2D eigenvalue weighted by Gasteiger charge is -2.03. The molecular weight excluding hydrogens is 350 g/mol. The summed E-state index contributed by atoms with van der Waals surface area (Å²) in [6.07, 6.45) is 4.10. The van der Waals surface area contributed by atoms with Gasteiger partial charge in [0, 0.05) is 28.0 Å². The van der Waals surface area contributed by atoms with Gasteiger partial charge in [0.2, 0.25) is 0 Å². The lowest BCUT2D eigenvalue weighted by molar-refractivity contribution is 0.104. The molecule has 1 N–H and O–H groups in total. The summed E-state index contributed by atoms with van der Waals surface area (Å²) in [4.78, 5) is 12.0. The summed E-state index contributed by atoms with van der Waals surface area (Å²) in [6.45, 7) is 2.09. The molecule has 0 atom stereocenters. The third-order valence-corrected chi connectivity index (χ3v) is 4.28. The summed E-state index contributed by atoms with van der Waals surface area (Å²) in [5.74, 6) is -0.0339. The highest BCUT2D eigenvalue weighted by Crippen LogP contribution is 2.25. The Kier molecular flexibility index (Phi) is 5.59. The number of nitrogens with one attached hydrogen (secondary N) is 1. The second-order valence-corrected chi connectivity index (χ2v) is 5.78. The van der Waals surface area contributed by atoms with Gasteiger partial charge in [0.05, 0.1) is 5.02 Å². The predicted molar refractivity (Wildman–Crippen MR) is 92.1 cm³/mol. The van der Waals surface area contributed by atoms with Crippen LogP contribution in [-0.2, 0) is 6.42 Å². The summed E-state index contributed by atoms with van der Waals surface area (Å²) in [6, 6.07) is 13.2. The van der Waals surface area contributed by atoms with Gasteiger partial charge in [-0.05, 0) is 46.1 Å². The highest BCUT2D eigenvalue weighted by Gasteiger charge is 2.01. The molecule has 0 fully saturated rings. The number of aryl methyl sites for hydroxylation is 1. The Balaban J connectivity index is 1.99. The van der Waals surface area contributed by atoms with Crippen LogP contribution in [-0.4, -0.2) is 5.78 Å². The summed E-state index contributed by atoms with van der Waals surface area (Å²) < 4.78 is 0.839. The zero-order chi connectivity index (χ0) is 15.2. The standard InChI is InChI=1S/C17H15BrClNO/c1-2-12-3-5-13(6-4-12)17(21)9-10-20-14-7-8-15(18)16(19)11-14/h3-11,20H,2H2,1H3. The molecule has 2 rings (SSSR count). The molecule has 2 nitrogen and oxygen atoms in total. The van der Waals surface area contributed by atoms with Gasteiger partial charge in [-0.25, -0.2) is 0 Å². The van der Waals surface area contributed by atoms with Crippen molar-refractivity contribution >= 4 is 39.0 Å². The van der Waals surface area contributed by atoms with Crippen molar-refractivity contribution < 1.29 is 4.79 Å². The van der Waals surface area contributed by atoms with Crippen molar-refractivity contribution in [1.82, 2.24) is 0 Å². The molecule has 0 unspecified atom stereocenters. The first kappa shape index (κ1) is 15.8. The van der Waals surface area contributed by atoms with E-state index in [4.69, 9.17) is 11.6 Å². The van der Waals surface area contributed by atoms with Crippen molar-refractivity contribution in [3.05, 3.63) is 75.4 Å². The number of carbonyl (C=O) groups is 1. The Hall–Kier alpha value is -1.58. The number of ketones is 1. The Labute approximate surface area is 138 Å². The van der Waals surface area contributed by atoms with E-state index in [0.717, 1.165) is 16.6 Å². The van der Waals surface area contributed by atoms with Gasteiger partial charge < -0.3 is 5.32 Å². The van der Waals surface area contributed by atoms with E-state index in [1.54, 1.807) is 12.3 Å². The average molecular weight is 365 g/mol. The van der Waals surface area contributed by atoms with Crippen molar-refractivity contribution in [3.8, 4) is 0 Å². The lowest BCUT2D eigenvalue weighted by atomic mass is 10.1. The molecule has 0 radical (unpaired) electrons. The Bertz CT molecular complexity index is 665. The van der Waals surface area contributed by atoms with E-state index < -0.39 is 0 Å². The molecule has 0 saturated carbocycles. The Morgan fingerprint density at radius 3 is 2.57 bits per heavy atom. The molecule has 0 aliphatic rings. The van der Waals surface area contributed by atoms with Crippen molar-refractivity contribution in [1.29, 1.82) is 0 Å². The van der Waals surface area contributed by atoms with E-state index in [0.29, 0.717) is 10.6 Å². The smallest absolute Gasteiger partial charge is 0.187 e. The Morgan fingerprint density at radius 1 is 1.24 bits per heavy atom. The highest BCUT2D eigenvalue weighted by molar-refractivity contribution is 9.10. The number of hydrogen-bond donors (Lipinski definition) is 1. The van der Waals surface area contributed by atoms with E-state index in [2.05, 4.69) is 28.2 Å². The van der Waals surface area contributed by atoms with E-state index in [1.165, 1.54) is 11.6 Å². The maximum Gasteiger partial charge on any atom is 0.187 e. The third-order valence-electron chi connectivity index (χ3n) is 3.05. The van der Waals surface area contributed by atoms with Crippen LogP contribution < -0.4 is 5.32 Å². The first-order chi connectivity index (χ1) is 10.1. The van der Waals surface area contributed by atoms with Crippen LogP contribution in [0.5, 0.6) is 0 Å². The monoisotopic (exact) mass is 363 g/mol. The summed E-state index contributed by atoms with van der Waals surface area (Å²) in [5.41, 5.74) is 2.73. The quantitative estimate of drug-likeness (QED) is 0.563.